The maximum absolute atomic E-state index is 12.9. The number of hydrogen-bond acceptors (Lipinski definition) is 9. The lowest BCUT2D eigenvalue weighted by atomic mass is 9.35. The standard InChI is InChI=1S/C36H55NO8/c1-23-9-12-26(44-31(38)43-20-19-42-18-17-40-7)29-28(23)35-15-16-37(22-25-10-11-25)24(2)34(35)13-14-36(41-8,30(35)45-29)27(21-34)33(6,39)32(3,4)5/h9,12,24-25,27,30,39H,10-11,13-22H2,1-8H3/t24?,27?,30-,33?,34-,35?,36-/m1/s1. The minimum absolute atomic E-state index is 0.0812. The van der Waals surface area contributed by atoms with Crippen molar-refractivity contribution in [3.8, 4) is 11.5 Å². The Kier molecular flexibility index (Phi) is 8.55. The molecule has 1 aromatic carbocycles. The number of aliphatic hydroxyl groups is 1. The molecule has 0 aromatic heterocycles. The molecule has 7 rings (SSSR count). The van der Waals surface area contributed by atoms with Gasteiger partial charge in [0.25, 0.3) is 0 Å². The lowest BCUT2D eigenvalue weighted by Gasteiger charge is -2.74. The fourth-order valence-corrected chi connectivity index (χ4v) is 9.84. The third-order valence-electron chi connectivity index (χ3n) is 12.9. The molecule has 6 aliphatic rings. The molecule has 7 atom stereocenters. The second kappa shape index (κ2) is 11.7. The summed E-state index contributed by atoms with van der Waals surface area (Å²) in [6.45, 7) is 16.3. The number of carbonyl (C=O) groups is 1. The molecule has 2 bridgehead atoms. The van der Waals surface area contributed by atoms with Gasteiger partial charge in [0, 0.05) is 43.7 Å². The van der Waals surface area contributed by atoms with E-state index in [1.165, 1.54) is 12.8 Å². The Labute approximate surface area is 269 Å². The maximum Gasteiger partial charge on any atom is 0.514 e. The number of carbonyl (C=O) groups excluding carboxylic acids is 1. The molecular weight excluding hydrogens is 574 g/mol. The smallest absolute Gasteiger partial charge is 0.482 e. The number of rotatable bonds is 11. The van der Waals surface area contributed by atoms with Gasteiger partial charge in [0.1, 0.15) is 18.3 Å². The van der Waals surface area contributed by atoms with Gasteiger partial charge in [0.05, 0.1) is 25.4 Å². The monoisotopic (exact) mass is 629 g/mol. The third kappa shape index (κ3) is 4.93. The van der Waals surface area contributed by atoms with E-state index in [0.717, 1.165) is 55.8 Å². The number of aryl methyl sites for hydroxylation is 1. The molecule has 9 nitrogen and oxygen atoms in total. The molecule has 1 N–H and O–H groups in total. The number of likely N-dealkylation sites (tertiary alicyclic amines) is 1. The summed E-state index contributed by atoms with van der Waals surface area (Å²) in [6.07, 6.45) is 5.11. The second-order valence-corrected chi connectivity index (χ2v) is 15.7. The van der Waals surface area contributed by atoms with Gasteiger partial charge >= 0.3 is 6.16 Å². The fraction of sp³-hybridized carbons (Fsp3) is 0.806. The van der Waals surface area contributed by atoms with E-state index >= 15 is 0 Å². The van der Waals surface area contributed by atoms with Crippen molar-refractivity contribution in [2.24, 2.45) is 22.7 Å². The highest BCUT2D eigenvalue weighted by Gasteiger charge is 2.81. The number of methoxy groups -OCH3 is 2. The summed E-state index contributed by atoms with van der Waals surface area (Å²) in [5.74, 6) is 1.64. The molecule has 9 heteroatoms. The van der Waals surface area contributed by atoms with Crippen LogP contribution in [0.25, 0.3) is 0 Å². The molecule has 2 aliphatic heterocycles. The summed E-state index contributed by atoms with van der Waals surface area (Å²) in [5, 5.41) is 12.4. The first-order valence-corrected chi connectivity index (χ1v) is 17.0. The van der Waals surface area contributed by atoms with Gasteiger partial charge in [-0.15, -0.1) is 0 Å². The van der Waals surface area contributed by atoms with Crippen molar-refractivity contribution in [3.63, 3.8) is 0 Å². The molecule has 4 unspecified atom stereocenters. The molecule has 2 heterocycles. The summed E-state index contributed by atoms with van der Waals surface area (Å²) >= 11 is 0. The lowest BCUT2D eigenvalue weighted by Crippen LogP contribution is -2.81. The van der Waals surface area contributed by atoms with Crippen molar-refractivity contribution >= 4 is 6.16 Å². The maximum atomic E-state index is 12.9. The van der Waals surface area contributed by atoms with Crippen molar-refractivity contribution < 1.29 is 38.3 Å². The van der Waals surface area contributed by atoms with E-state index in [-0.39, 0.29) is 41.5 Å². The second-order valence-electron chi connectivity index (χ2n) is 15.7. The summed E-state index contributed by atoms with van der Waals surface area (Å²) in [7, 11) is 3.41. The van der Waals surface area contributed by atoms with Gasteiger partial charge in [-0.25, -0.2) is 4.79 Å². The zero-order chi connectivity index (χ0) is 32.4. The van der Waals surface area contributed by atoms with Gasteiger partial charge < -0.3 is 33.5 Å². The largest absolute Gasteiger partial charge is 0.514 e. The van der Waals surface area contributed by atoms with Gasteiger partial charge in [-0.05, 0) is 94.2 Å². The average molecular weight is 630 g/mol. The number of piperidine rings is 1. The Bertz CT molecular complexity index is 1270. The van der Waals surface area contributed by atoms with Crippen molar-refractivity contribution in [2.45, 2.75) is 109 Å². The molecule has 2 spiro atoms. The van der Waals surface area contributed by atoms with Crippen molar-refractivity contribution in [3.05, 3.63) is 23.3 Å². The van der Waals surface area contributed by atoms with Gasteiger partial charge in [-0.1, -0.05) is 26.8 Å². The number of hydrogen-bond donors (Lipinski definition) is 1. The van der Waals surface area contributed by atoms with Crippen LogP contribution < -0.4 is 9.47 Å². The zero-order valence-corrected chi connectivity index (χ0v) is 28.7. The molecule has 0 amide bonds. The summed E-state index contributed by atoms with van der Waals surface area (Å²) in [4.78, 5) is 15.6. The van der Waals surface area contributed by atoms with E-state index in [2.05, 4.69) is 45.6 Å². The van der Waals surface area contributed by atoms with Gasteiger partial charge in [-0.3, -0.25) is 4.90 Å². The van der Waals surface area contributed by atoms with Crippen LogP contribution >= 0.6 is 0 Å². The Morgan fingerprint density at radius 3 is 2.47 bits per heavy atom. The zero-order valence-electron chi connectivity index (χ0n) is 28.7. The van der Waals surface area contributed by atoms with E-state index < -0.39 is 17.4 Å². The van der Waals surface area contributed by atoms with E-state index in [0.29, 0.717) is 30.8 Å². The molecule has 1 saturated heterocycles. The normalized spacial score (nSPS) is 35.2. The van der Waals surface area contributed by atoms with Gasteiger partial charge in [0.15, 0.2) is 11.5 Å². The van der Waals surface area contributed by atoms with Crippen LogP contribution in [0.2, 0.25) is 0 Å². The predicted octanol–water partition coefficient (Wildman–Crippen LogP) is 5.66. The Hall–Kier alpha value is -1.91. The van der Waals surface area contributed by atoms with Crippen LogP contribution in [0.1, 0.15) is 84.3 Å². The molecular formula is C36H55NO8. The minimum atomic E-state index is -1.01. The number of nitrogens with zero attached hydrogens (tertiary/aromatic N) is 1. The SMILES string of the molecule is COCCOCCOC(=O)Oc1ccc(C)c2c1O[C@@H]1C23CCN(CC2CC2)C(C)[C@]32CC[C@@]1(OC)C(C(C)(O)C(C)(C)C)C2. The van der Waals surface area contributed by atoms with Gasteiger partial charge in [0.2, 0.25) is 0 Å². The first-order chi connectivity index (χ1) is 21.3. The van der Waals surface area contributed by atoms with Crippen LogP contribution in [-0.2, 0) is 24.4 Å². The van der Waals surface area contributed by atoms with Crippen molar-refractivity contribution in [2.75, 3.05) is 53.7 Å². The van der Waals surface area contributed by atoms with E-state index in [4.69, 9.17) is 28.4 Å². The first kappa shape index (κ1) is 33.0. The molecule has 45 heavy (non-hydrogen) atoms. The Balaban J connectivity index is 1.41. The average Bonchev–Trinajstić information content (AvgIpc) is 3.74. The highest BCUT2D eigenvalue weighted by Crippen LogP contribution is 2.76. The third-order valence-corrected chi connectivity index (χ3v) is 12.9. The summed E-state index contributed by atoms with van der Waals surface area (Å²) in [5.41, 5.74) is -0.308. The van der Waals surface area contributed by atoms with Gasteiger partial charge in [-0.2, -0.15) is 0 Å². The van der Waals surface area contributed by atoms with Crippen LogP contribution in [0.5, 0.6) is 11.5 Å². The minimum Gasteiger partial charge on any atom is -0.482 e. The highest BCUT2D eigenvalue weighted by molar-refractivity contribution is 5.69. The molecule has 5 fully saturated rings. The molecule has 0 radical (unpaired) electrons. The molecule has 1 aromatic rings. The summed E-state index contributed by atoms with van der Waals surface area (Å²) in [6, 6.07) is 4.17. The summed E-state index contributed by atoms with van der Waals surface area (Å²) < 4.78 is 35.5. The van der Waals surface area contributed by atoms with E-state index in [1.807, 2.05) is 13.0 Å². The number of benzene rings is 1. The Morgan fingerprint density at radius 1 is 1.07 bits per heavy atom. The Morgan fingerprint density at radius 2 is 1.80 bits per heavy atom. The molecule has 252 valence electrons. The highest BCUT2D eigenvalue weighted by atomic mass is 16.7. The quantitative estimate of drug-likeness (QED) is 0.189. The number of fused-ring (bicyclic) bond motifs is 3. The molecule has 4 saturated carbocycles. The van der Waals surface area contributed by atoms with Crippen LogP contribution in [0.3, 0.4) is 0 Å². The van der Waals surface area contributed by atoms with Crippen molar-refractivity contribution in [1.82, 2.24) is 4.90 Å². The first-order valence-electron chi connectivity index (χ1n) is 17.0. The van der Waals surface area contributed by atoms with Crippen LogP contribution in [-0.4, -0.2) is 93.2 Å². The van der Waals surface area contributed by atoms with Crippen LogP contribution in [0.15, 0.2) is 12.1 Å². The van der Waals surface area contributed by atoms with E-state index in [9.17, 15) is 9.90 Å². The lowest BCUT2D eigenvalue weighted by molar-refractivity contribution is -0.309. The van der Waals surface area contributed by atoms with Crippen LogP contribution in [0, 0.1) is 29.6 Å². The van der Waals surface area contributed by atoms with E-state index in [1.54, 1.807) is 14.2 Å². The van der Waals surface area contributed by atoms with Crippen molar-refractivity contribution in [1.29, 1.82) is 0 Å². The predicted molar refractivity (Wildman–Crippen MR) is 170 cm³/mol. The number of ether oxygens (including phenoxy) is 6. The topological polar surface area (TPSA) is 95.9 Å². The fourth-order valence-electron chi connectivity index (χ4n) is 9.84. The van der Waals surface area contributed by atoms with Crippen LogP contribution in [0.4, 0.5) is 4.79 Å². The molecule has 4 aliphatic carbocycles.